The van der Waals surface area contributed by atoms with Crippen LogP contribution in [0.5, 0.6) is 5.75 Å². The maximum absolute atomic E-state index is 13.5. The van der Waals surface area contributed by atoms with Gasteiger partial charge in [-0.05, 0) is 36.4 Å². The number of carbonyl (C=O) groups is 1. The Morgan fingerprint density at radius 1 is 1.16 bits per heavy atom. The summed E-state index contributed by atoms with van der Waals surface area (Å²) in [5.41, 5.74) is 2.48. The Labute approximate surface area is 153 Å². The summed E-state index contributed by atoms with van der Waals surface area (Å²) >= 11 is 1.69. The lowest BCUT2D eigenvalue weighted by atomic mass is 9.77. The molecule has 0 radical (unpaired) electrons. The molecular weight excluding hydrogens is 330 g/mol. The standard InChI is InChI=1S/C21H23NO2S/c1-3-4-7-12-22-18-9-6-5-8-16(18)21(20(22)23)14-24-19-13-15(25-2)10-11-17(19)21/h5-6,8-11,13H,3-4,7,12,14H2,1-2H3. The summed E-state index contributed by atoms with van der Waals surface area (Å²) in [6.45, 7) is 3.37. The highest BCUT2D eigenvalue weighted by Gasteiger charge is 2.56. The van der Waals surface area contributed by atoms with Crippen molar-refractivity contribution < 1.29 is 9.53 Å². The molecular formula is C21H23NO2S. The fraction of sp³-hybridized carbons (Fsp3) is 0.381. The molecule has 4 rings (SSSR count). The van der Waals surface area contributed by atoms with Crippen LogP contribution in [-0.2, 0) is 10.2 Å². The van der Waals surface area contributed by atoms with Gasteiger partial charge < -0.3 is 9.64 Å². The minimum atomic E-state index is -0.672. The van der Waals surface area contributed by atoms with Crippen LogP contribution < -0.4 is 9.64 Å². The summed E-state index contributed by atoms with van der Waals surface area (Å²) in [5, 5.41) is 0. The molecule has 1 unspecified atom stereocenters. The van der Waals surface area contributed by atoms with Gasteiger partial charge in [0.25, 0.3) is 0 Å². The summed E-state index contributed by atoms with van der Waals surface area (Å²) < 4.78 is 6.02. The number of nitrogens with zero attached hydrogens (tertiary/aromatic N) is 1. The van der Waals surface area contributed by atoms with Gasteiger partial charge in [-0.3, -0.25) is 4.79 Å². The van der Waals surface area contributed by atoms with Crippen LogP contribution in [0, 0.1) is 0 Å². The van der Waals surface area contributed by atoms with Crippen molar-refractivity contribution in [1.82, 2.24) is 0 Å². The van der Waals surface area contributed by atoms with Crippen LogP contribution in [0.3, 0.4) is 0 Å². The van der Waals surface area contributed by atoms with Crippen LogP contribution in [-0.4, -0.2) is 25.3 Å². The van der Waals surface area contributed by atoms with Gasteiger partial charge in [0.2, 0.25) is 5.91 Å². The third kappa shape index (κ3) is 2.38. The zero-order chi connectivity index (χ0) is 17.4. The van der Waals surface area contributed by atoms with E-state index < -0.39 is 5.41 Å². The van der Waals surface area contributed by atoms with Gasteiger partial charge in [-0.1, -0.05) is 44.0 Å². The Kier molecular flexibility index (Phi) is 4.24. The van der Waals surface area contributed by atoms with E-state index in [0.29, 0.717) is 6.61 Å². The molecule has 0 saturated heterocycles. The van der Waals surface area contributed by atoms with Gasteiger partial charge in [0.1, 0.15) is 17.8 Å². The minimum Gasteiger partial charge on any atom is -0.491 e. The molecule has 2 aliphatic rings. The topological polar surface area (TPSA) is 29.5 Å². The lowest BCUT2D eigenvalue weighted by molar-refractivity contribution is -0.122. The zero-order valence-electron chi connectivity index (χ0n) is 14.7. The maximum Gasteiger partial charge on any atom is 0.245 e. The highest BCUT2D eigenvalue weighted by Crippen LogP contribution is 2.52. The average molecular weight is 353 g/mol. The van der Waals surface area contributed by atoms with Gasteiger partial charge in [0.05, 0.1) is 0 Å². The molecule has 0 fully saturated rings. The van der Waals surface area contributed by atoms with E-state index in [1.807, 2.05) is 17.0 Å². The van der Waals surface area contributed by atoms with Crippen LogP contribution in [0.1, 0.15) is 37.3 Å². The predicted molar refractivity (Wildman–Crippen MR) is 103 cm³/mol. The average Bonchev–Trinajstić information content (AvgIpc) is 3.14. The molecule has 0 aliphatic carbocycles. The van der Waals surface area contributed by atoms with Crippen molar-refractivity contribution in [2.24, 2.45) is 0 Å². The van der Waals surface area contributed by atoms with Crippen LogP contribution >= 0.6 is 11.8 Å². The highest BCUT2D eigenvalue weighted by molar-refractivity contribution is 7.98. The molecule has 0 aromatic heterocycles. The van der Waals surface area contributed by atoms with Crippen molar-refractivity contribution in [2.75, 3.05) is 24.3 Å². The number of rotatable bonds is 5. The molecule has 2 aliphatic heterocycles. The SMILES string of the molecule is CCCCCN1C(=O)C2(COc3cc(SC)ccc32)c2ccccc21. The van der Waals surface area contributed by atoms with E-state index in [2.05, 4.69) is 43.5 Å². The molecule has 130 valence electrons. The number of ether oxygens (including phenoxy) is 1. The summed E-state index contributed by atoms with van der Waals surface area (Å²) in [6.07, 6.45) is 5.38. The zero-order valence-corrected chi connectivity index (χ0v) is 15.6. The smallest absolute Gasteiger partial charge is 0.245 e. The Bertz CT molecular complexity index is 819. The second-order valence-electron chi connectivity index (χ2n) is 6.74. The summed E-state index contributed by atoms with van der Waals surface area (Å²) in [5.74, 6) is 1.02. The van der Waals surface area contributed by atoms with E-state index in [0.717, 1.165) is 53.3 Å². The number of carbonyl (C=O) groups excluding carboxylic acids is 1. The number of unbranched alkanes of at least 4 members (excludes halogenated alkanes) is 2. The summed E-state index contributed by atoms with van der Waals surface area (Å²) in [7, 11) is 0. The van der Waals surface area contributed by atoms with Crippen LogP contribution in [0.15, 0.2) is 47.4 Å². The van der Waals surface area contributed by atoms with Crippen molar-refractivity contribution in [3.05, 3.63) is 53.6 Å². The second kappa shape index (κ2) is 6.41. The Hall–Kier alpha value is -1.94. The fourth-order valence-electron chi connectivity index (χ4n) is 4.03. The molecule has 3 nitrogen and oxygen atoms in total. The molecule has 0 saturated carbocycles. The van der Waals surface area contributed by atoms with Gasteiger partial charge in [-0.15, -0.1) is 11.8 Å². The first-order chi connectivity index (χ1) is 12.2. The monoisotopic (exact) mass is 353 g/mol. The van der Waals surface area contributed by atoms with E-state index in [1.54, 1.807) is 11.8 Å². The van der Waals surface area contributed by atoms with Crippen molar-refractivity contribution in [3.8, 4) is 5.75 Å². The van der Waals surface area contributed by atoms with Gasteiger partial charge in [-0.2, -0.15) is 0 Å². The van der Waals surface area contributed by atoms with Crippen LogP contribution in [0.2, 0.25) is 0 Å². The molecule has 25 heavy (non-hydrogen) atoms. The third-order valence-corrected chi connectivity index (χ3v) is 6.07. The van der Waals surface area contributed by atoms with E-state index in [1.165, 1.54) is 0 Å². The van der Waals surface area contributed by atoms with Crippen molar-refractivity contribution in [2.45, 2.75) is 36.5 Å². The molecule has 2 aromatic rings. The predicted octanol–water partition coefficient (Wildman–Crippen LogP) is 4.62. The quantitative estimate of drug-likeness (QED) is 0.580. The molecule has 1 spiro atoms. The van der Waals surface area contributed by atoms with Crippen molar-refractivity contribution >= 4 is 23.4 Å². The van der Waals surface area contributed by atoms with Gasteiger partial charge in [0, 0.05) is 22.7 Å². The number of amides is 1. The van der Waals surface area contributed by atoms with Gasteiger partial charge in [-0.25, -0.2) is 0 Å². The largest absolute Gasteiger partial charge is 0.491 e. The Morgan fingerprint density at radius 3 is 2.80 bits per heavy atom. The van der Waals surface area contributed by atoms with Crippen LogP contribution in [0.4, 0.5) is 5.69 Å². The van der Waals surface area contributed by atoms with Crippen molar-refractivity contribution in [1.29, 1.82) is 0 Å². The van der Waals surface area contributed by atoms with E-state index in [-0.39, 0.29) is 5.91 Å². The van der Waals surface area contributed by atoms with Gasteiger partial charge in [0.15, 0.2) is 0 Å². The Morgan fingerprint density at radius 2 is 2.00 bits per heavy atom. The highest BCUT2D eigenvalue weighted by atomic mass is 32.2. The number of anilines is 1. The lowest BCUT2D eigenvalue weighted by Crippen LogP contribution is -2.42. The molecule has 2 heterocycles. The van der Waals surface area contributed by atoms with E-state index in [9.17, 15) is 4.79 Å². The summed E-state index contributed by atoms with van der Waals surface area (Å²) in [6, 6.07) is 14.4. The summed E-state index contributed by atoms with van der Waals surface area (Å²) in [4.78, 5) is 16.7. The molecule has 1 amide bonds. The number of fused-ring (bicyclic) bond motifs is 4. The maximum atomic E-state index is 13.5. The second-order valence-corrected chi connectivity index (χ2v) is 7.62. The first-order valence-corrected chi connectivity index (χ1v) is 10.2. The molecule has 0 bridgehead atoms. The third-order valence-electron chi connectivity index (χ3n) is 5.34. The first kappa shape index (κ1) is 16.5. The van der Waals surface area contributed by atoms with E-state index in [4.69, 9.17) is 4.74 Å². The molecule has 0 N–H and O–H groups in total. The number of hydrogen-bond donors (Lipinski definition) is 0. The Balaban J connectivity index is 1.80. The lowest BCUT2D eigenvalue weighted by Gasteiger charge is -2.23. The van der Waals surface area contributed by atoms with E-state index >= 15 is 0 Å². The number of benzene rings is 2. The fourth-order valence-corrected chi connectivity index (χ4v) is 4.46. The minimum absolute atomic E-state index is 0.167. The molecule has 1 atom stereocenters. The number of para-hydroxylation sites is 1. The van der Waals surface area contributed by atoms with Crippen molar-refractivity contribution in [3.63, 3.8) is 0 Å². The molecule has 2 aromatic carbocycles. The number of hydrogen-bond acceptors (Lipinski definition) is 3. The van der Waals surface area contributed by atoms with Gasteiger partial charge >= 0.3 is 0 Å². The number of thioether (sulfide) groups is 1. The normalized spacial score (nSPS) is 20.7. The molecule has 4 heteroatoms. The first-order valence-electron chi connectivity index (χ1n) is 8.95. The van der Waals surface area contributed by atoms with Crippen LogP contribution in [0.25, 0.3) is 0 Å².